The topological polar surface area (TPSA) is 71.1 Å². The van der Waals surface area contributed by atoms with Crippen molar-refractivity contribution in [2.75, 3.05) is 13.2 Å². The van der Waals surface area contributed by atoms with Crippen molar-refractivity contribution >= 4 is 9.84 Å². The second-order valence-electron chi connectivity index (χ2n) is 7.91. The van der Waals surface area contributed by atoms with Gasteiger partial charge < -0.3 is 18.9 Å². The van der Waals surface area contributed by atoms with E-state index in [-0.39, 0.29) is 22.3 Å². The van der Waals surface area contributed by atoms with E-state index in [4.69, 9.17) is 14.2 Å². The van der Waals surface area contributed by atoms with Crippen molar-refractivity contribution in [2.24, 2.45) is 5.92 Å². The molecule has 0 radical (unpaired) electrons. The predicted molar refractivity (Wildman–Crippen MR) is 113 cm³/mol. The lowest BCUT2D eigenvalue weighted by Crippen LogP contribution is -2.34. The highest BCUT2D eigenvalue weighted by molar-refractivity contribution is 7.94. The summed E-state index contributed by atoms with van der Waals surface area (Å²) < 4.78 is 82.8. The molecule has 4 rings (SSSR count). The number of alkyl halides is 3. The summed E-state index contributed by atoms with van der Waals surface area (Å²) in [7, 11) is -3.62. The third-order valence-corrected chi connectivity index (χ3v) is 7.03. The van der Waals surface area contributed by atoms with E-state index in [1.165, 1.54) is 41.8 Å². The van der Waals surface area contributed by atoms with Crippen LogP contribution >= 0.6 is 0 Å². The third kappa shape index (κ3) is 6.27. The lowest BCUT2D eigenvalue weighted by Gasteiger charge is -2.34. The molecule has 2 aliphatic rings. The zero-order chi connectivity index (χ0) is 23.5. The molecule has 2 fully saturated rings. The van der Waals surface area contributed by atoms with Gasteiger partial charge in [-0.25, -0.2) is 8.42 Å². The van der Waals surface area contributed by atoms with Gasteiger partial charge in [0.25, 0.3) is 0 Å². The SMILES string of the molecule is O=S(=O)(/C=C/C1CCC2(CC1)OCCO2)c1ccc(Oc2ccc(OC(F)(F)F)cc2)cc1. The van der Waals surface area contributed by atoms with Crippen molar-refractivity contribution in [1.82, 2.24) is 0 Å². The van der Waals surface area contributed by atoms with E-state index in [2.05, 4.69) is 4.74 Å². The van der Waals surface area contributed by atoms with Crippen LogP contribution in [0.2, 0.25) is 0 Å². The van der Waals surface area contributed by atoms with Crippen LogP contribution in [0.4, 0.5) is 13.2 Å². The standard InChI is InChI=1S/C23H23F3O6S/c24-23(25,26)32-20-3-1-18(2-4-20)31-19-5-7-21(8-6-19)33(27,28)16-11-17-9-12-22(13-10-17)29-14-15-30-22/h1-8,11,16-17H,9-10,12-15H2/b16-11+. The Morgan fingerprint density at radius 2 is 1.39 bits per heavy atom. The van der Waals surface area contributed by atoms with Crippen LogP contribution < -0.4 is 9.47 Å². The normalized spacial score (nSPS) is 19.2. The van der Waals surface area contributed by atoms with Gasteiger partial charge in [0.1, 0.15) is 17.2 Å². The van der Waals surface area contributed by atoms with Gasteiger partial charge in [-0.1, -0.05) is 6.08 Å². The van der Waals surface area contributed by atoms with E-state index in [0.29, 0.717) is 19.0 Å². The van der Waals surface area contributed by atoms with Gasteiger partial charge in [-0.3, -0.25) is 0 Å². The number of benzene rings is 2. The number of allylic oxidation sites excluding steroid dienone is 1. The van der Waals surface area contributed by atoms with Crippen molar-refractivity contribution in [3.63, 3.8) is 0 Å². The Morgan fingerprint density at radius 1 is 0.879 bits per heavy atom. The fraction of sp³-hybridized carbons (Fsp3) is 0.391. The minimum Gasteiger partial charge on any atom is -0.457 e. The van der Waals surface area contributed by atoms with Crippen molar-refractivity contribution in [3.05, 3.63) is 60.0 Å². The van der Waals surface area contributed by atoms with Gasteiger partial charge in [-0.2, -0.15) is 0 Å². The van der Waals surface area contributed by atoms with Gasteiger partial charge in [-0.15, -0.1) is 13.2 Å². The molecule has 1 spiro atoms. The molecule has 1 saturated heterocycles. The lowest BCUT2D eigenvalue weighted by molar-refractivity contribution is -0.274. The Bertz CT molecular complexity index is 1060. The fourth-order valence-corrected chi connectivity index (χ4v) is 5.00. The summed E-state index contributed by atoms with van der Waals surface area (Å²) in [6.07, 6.45) is 0.0498. The van der Waals surface area contributed by atoms with Gasteiger partial charge in [0.15, 0.2) is 15.6 Å². The molecule has 0 atom stereocenters. The van der Waals surface area contributed by atoms with Crippen LogP contribution in [-0.4, -0.2) is 33.8 Å². The lowest BCUT2D eigenvalue weighted by atomic mass is 9.85. The van der Waals surface area contributed by atoms with Crippen LogP contribution in [0.15, 0.2) is 64.9 Å². The van der Waals surface area contributed by atoms with E-state index in [1.54, 1.807) is 6.08 Å². The number of ether oxygens (including phenoxy) is 4. The number of sulfone groups is 1. The first-order valence-corrected chi connectivity index (χ1v) is 12.0. The molecular formula is C23H23F3O6S. The van der Waals surface area contributed by atoms with Crippen LogP contribution in [0.5, 0.6) is 17.2 Å². The van der Waals surface area contributed by atoms with Crippen LogP contribution in [-0.2, 0) is 19.3 Å². The summed E-state index contributed by atoms with van der Waals surface area (Å²) in [5.74, 6) is -0.0726. The summed E-state index contributed by atoms with van der Waals surface area (Å²) in [6.45, 7) is 1.21. The highest BCUT2D eigenvalue weighted by Crippen LogP contribution is 2.39. The second-order valence-corrected chi connectivity index (χ2v) is 9.74. The van der Waals surface area contributed by atoms with Crippen molar-refractivity contribution < 1.29 is 40.5 Å². The maximum Gasteiger partial charge on any atom is 0.573 e. The molecule has 0 amide bonds. The first-order chi connectivity index (χ1) is 15.6. The van der Waals surface area contributed by atoms with Crippen molar-refractivity contribution in [1.29, 1.82) is 0 Å². The maximum atomic E-state index is 12.7. The smallest absolute Gasteiger partial charge is 0.457 e. The summed E-state index contributed by atoms with van der Waals surface area (Å²) in [5, 5.41) is 1.24. The van der Waals surface area contributed by atoms with Crippen molar-refractivity contribution in [3.8, 4) is 17.2 Å². The molecule has 0 unspecified atom stereocenters. The quantitative estimate of drug-likeness (QED) is 0.532. The van der Waals surface area contributed by atoms with Gasteiger partial charge in [0.05, 0.1) is 18.1 Å². The van der Waals surface area contributed by atoms with E-state index >= 15 is 0 Å². The Hall–Kier alpha value is -2.56. The molecule has 1 aliphatic heterocycles. The van der Waals surface area contributed by atoms with E-state index in [1.807, 2.05) is 0 Å². The molecule has 2 aromatic carbocycles. The van der Waals surface area contributed by atoms with E-state index in [0.717, 1.165) is 37.8 Å². The molecule has 178 valence electrons. The number of hydrogen-bond donors (Lipinski definition) is 0. The highest BCUT2D eigenvalue weighted by Gasteiger charge is 2.39. The van der Waals surface area contributed by atoms with Gasteiger partial charge in [0.2, 0.25) is 0 Å². The zero-order valence-electron chi connectivity index (χ0n) is 17.6. The molecule has 2 aromatic rings. The summed E-state index contributed by atoms with van der Waals surface area (Å²) in [6, 6.07) is 10.7. The zero-order valence-corrected chi connectivity index (χ0v) is 18.4. The Labute approximate surface area is 189 Å². The molecule has 6 nitrogen and oxygen atoms in total. The third-order valence-electron chi connectivity index (χ3n) is 5.58. The fourth-order valence-electron chi connectivity index (χ4n) is 3.89. The Kier molecular flexibility index (Phi) is 6.69. The minimum absolute atomic E-state index is 0.120. The number of halogens is 3. The van der Waals surface area contributed by atoms with Crippen LogP contribution in [0.3, 0.4) is 0 Å². The largest absolute Gasteiger partial charge is 0.573 e. The van der Waals surface area contributed by atoms with Crippen LogP contribution in [0.1, 0.15) is 25.7 Å². The molecule has 1 heterocycles. The Morgan fingerprint density at radius 3 is 1.94 bits per heavy atom. The second kappa shape index (κ2) is 9.36. The predicted octanol–water partition coefficient (Wildman–Crippen LogP) is 5.60. The average molecular weight is 484 g/mol. The molecule has 10 heteroatoms. The molecule has 1 aliphatic carbocycles. The number of hydrogen-bond acceptors (Lipinski definition) is 6. The molecule has 1 saturated carbocycles. The van der Waals surface area contributed by atoms with Crippen LogP contribution in [0, 0.1) is 5.92 Å². The van der Waals surface area contributed by atoms with Gasteiger partial charge >= 0.3 is 6.36 Å². The molecule has 0 aromatic heterocycles. The summed E-state index contributed by atoms with van der Waals surface area (Å²) in [4.78, 5) is 0.120. The summed E-state index contributed by atoms with van der Waals surface area (Å²) >= 11 is 0. The van der Waals surface area contributed by atoms with E-state index in [9.17, 15) is 21.6 Å². The monoisotopic (exact) mass is 484 g/mol. The molecular weight excluding hydrogens is 461 g/mol. The number of rotatable bonds is 6. The summed E-state index contributed by atoms with van der Waals surface area (Å²) in [5.41, 5.74) is 0. The highest BCUT2D eigenvalue weighted by atomic mass is 32.2. The maximum absolute atomic E-state index is 12.7. The molecule has 33 heavy (non-hydrogen) atoms. The van der Waals surface area contributed by atoms with Crippen molar-refractivity contribution in [2.45, 2.75) is 42.7 Å². The van der Waals surface area contributed by atoms with Gasteiger partial charge in [-0.05, 0) is 67.3 Å². The van der Waals surface area contributed by atoms with E-state index < -0.39 is 22.0 Å². The average Bonchev–Trinajstić information content (AvgIpc) is 3.22. The Balaban J connectivity index is 1.33. The molecule has 0 N–H and O–H groups in total. The minimum atomic E-state index is -4.77. The van der Waals surface area contributed by atoms with Gasteiger partial charge in [0, 0.05) is 18.2 Å². The first-order valence-electron chi connectivity index (χ1n) is 10.5. The molecule has 0 bridgehead atoms. The first kappa shape index (κ1) is 23.6. The van der Waals surface area contributed by atoms with Crippen LogP contribution in [0.25, 0.3) is 0 Å².